The van der Waals surface area contributed by atoms with E-state index in [1.165, 1.54) is 0 Å². The van der Waals surface area contributed by atoms with Gasteiger partial charge >= 0.3 is 0 Å². The van der Waals surface area contributed by atoms with Gasteiger partial charge in [0.25, 0.3) is 0 Å². The van der Waals surface area contributed by atoms with Crippen molar-refractivity contribution in [2.75, 3.05) is 6.54 Å². The van der Waals surface area contributed by atoms with Crippen molar-refractivity contribution in [2.24, 2.45) is 11.7 Å². The van der Waals surface area contributed by atoms with Gasteiger partial charge in [0.05, 0.1) is 6.42 Å². The third-order valence-electron chi connectivity index (χ3n) is 3.59. The quantitative estimate of drug-likeness (QED) is 0.877. The molecule has 2 unspecified atom stereocenters. The predicted octanol–water partition coefficient (Wildman–Crippen LogP) is 2.13. The normalized spacial score (nSPS) is 23.0. The zero-order chi connectivity index (χ0) is 13.0. The molecule has 0 heterocycles. The van der Waals surface area contributed by atoms with Crippen LogP contribution < -0.4 is 11.1 Å². The van der Waals surface area contributed by atoms with Crippen LogP contribution in [-0.2, 0) is 11.2 Å². The Labute approximate surface area is 113 Å². The van der Waals surface area contributed by atoms with E-state index >= 15 is 0 Å². The second-order valence-corrected chi connectivity index (χ2v) is 5.34. The molecule has 0 bridgehead atoms. The van der Waals surface area contributed by atoms with Gasteiger partial charge in [-0.05, 0) is 43.0 Å². The topological polar surface area (TPSA) is 55.1 Å². The Morgan fingerprint density at radius 2 is 2.06 bits per heavy atom. The summed E-state index contributed by atoms with van der Waals surface area (Å²) in [6.45, 7) is 0.659. The summed E-state index contributed by atoms with van der Waals surface area (Å²) in [4.78, 5) is 11.9. The van der Waals surface area contributed by atoms with Crippen molar-refractivity contribution in [3.8, 4) is 0 Å². The molecule has 0 spiro atoms. The molecule has 1 aliphatic rings. The number of benzene rings is 1. The van der Waals surface area contributed by atoms with Gasteiger partial charge in [-0.2, -0.15) is 0 Å². The molecule has 98 valence electrons. The van der Waals surface area contributed by atoms with E-state index in [4.69, 9.17) is 17.3 Å². The van der Waals surface area contributed by atoms with E-state index in [1.807, 2.05) is 24.3 Å². The maximum absolute atomic E-state index is 11.9. The molecule has 3 N–H and O–H groups in total. The van der Waals surface area contributed by atoms with Crippen LogP contribution in [0, 0.1) is 5.92 Å². The molecule has 0 aromatic heterocycles. The molecule has 0 saturated heterocycles. The van der Waals surface area contributed by atoms with Gasteiger partial charge in [-0.25, -0.2) is 0 Å². The van der Waals surface area contributed by atoms with Crippen LogP contribution in [-0.4, -0.2) is 18.5 Å². The minimum absolute atomic E-state index is 0.0719. The monoisotopic (exact) mass is 266 g/mol. The number of nitrogens with two attached hydrogens (primary N) is 1. The molecule has 0 radical (unpaired) electrons. The average Bonchev–Trinajstić information content (AvgIpc) is 2.79. The van der Waals surface area contributed by atoms with E-state index in [-0.39, 0.29) is 11.9 Å². The summed E-state index contributed by atoms with van der Waals surface area (Å²) in [7, 11) is 0. The van der Waals surface area contributed by atoms with Crippen LogP contribution in [0.5, 0.6) is 0 Å². The first-order valence-electron chi connectivity index (χ1n) is 6.43. The van der Waals surface area contributed by atoms with Crippen LogP contribution in [0.2, 0.25) is 5.02 Å². The van der Waals surface area contributed by atoms with Crippen LogP contribution >= 0.6 is 11.6 Å². The zero-order valence-corrected chi connectivity index (χ0v) is 11.1. The van der Waals surface area contributed by atoms with E-state index in [0.717, 1.165) is 24.8 Å². The lowest BCUT2D eigenvalue weighted by molar-refractivity contribution is -0.121. The molecule has 1 aliphatic carbocycles. The molecular weight excluding hydrogens is 248 g/mol. The summed E-state index contributed by atoms with van der Waals surface area (Å²) in [6, 6.07) is 7.65. The fraction of sp³-hybridized carbons (Fsp3) is 0.500. The van der Waals surface area contributed by atoms with E-state index in [0.29, 0.717) is 23.9 Å². The van der Waals surface area contributed by atoms with Gasteiger partial charge in [0.1, 0.15) is 0 Å². The number of halogens is 1. The number of rotatable bonds is 4. The van der Waals surface area contributed by atoms with Crippen molar-refractivity contribution in [1.82, 2.24) is 5.32 Å². The number of amides is 1. The molecule has 1 aromatic carbocycles. The fourth-order valence-electron chi connectivity index (χ4n) is 2.55. The van der Waals surface area contributed by atoms with Crippen LogP contribution in [0.1, 0.15) is 24.8 Å². The number of carbonyl (C=O) groups excluding carboxylic acids is 1. The van der Waals surface area contributed by atoms with Crippen molar-refractivity contribution in [3.63, 3.8) is 0 Å². The summed E-state index contributed by atoms with van der Waals surface area (Å²) in [5, 5.41) is 3.78. The van der Waals surface area contributed by atoms with Crippen LogP contribution in [0.15, 0.2) is 24.3 Å². The largest absolute Gasteiger partial charge is 0.353 e. The first-order chi connectivity index (χ1) is 8.69. The van der Waals surface area contributed by atoms with Gasteiger partial charge < -0.3 is 11.1 Å². The van der Waals surface area contributed by atoms with E-state index in [9.17, 15) is 4.79 Å². The lowest BCUT2D eigenvalue weighted by Crippen LogP contribution is -2.40. The second kappa shape index (κ2) is 6.21. The van der Waals surface area contributed by atoms with Crippen molar-refractivity contribution in [1.29, 1.82) is 0 Å². The first kappa shape index (κ1) is 13.4. The van der Waals surface area contributed by atoms with Crippen molar-refractivity contribution >= 4 is 17.5 Å². The maximum atomic E-state index is 11.9. The summed E-state index contributed by atoms with van der Waals surface area (Å²) in [6.07, 6.45) is 3.75. The SMILES string of the molecule is NCC1CCCC1NC(=O)Cc1ccc(Cl)cc1. The third-order valence-corrected chi connectivity index (χ3v) is 3.84. The minimum Gasteiger partial charge on any atom is -0.353 e. The molecule has 1 fully saturated rings. The predicted molar refractivity (Wildman–Crippen MR) is 73.5 cm³/mol. The van der Waals surface area contributed by atoms with Gasteiger partial charge in [-0.15, -0.1) is 0 Å². The highest BCUT2D eigenvalue weighted by molar-refractivity contribution is 6.30. The Balaban J connectivity index is 1.86. The Morgan fingerprint density at radius 1 is 1.33 bits per heavy atom. The molecule has 1 saturated carbocycles. The zero-order valence-electron chi connectivity index (χ0n) is 10.4. The first-order valence-corrected chi connectivity index (χ1v) is 6.80. The summed E-state index contributed by atoms with van der Waals surface area (Å²) in [5.41, 5.74) is 6.69. The molecule has 2 atom stereocenters. The van der Waals surface area contributed by atoms with Crippen molar-refractivity contribution in [3.05, 3.63) is 34.9 Å². The molecule has 0 aliphatic heterocycles. The van der Waals surface area contributed by atoms with Gasteiger partial charge in [-0.1, -0.05) is 30.2 Å². The molecular formula is C14H19ClN2O. The van der Waals surface area contributed by atoms with Gasteiger partial charge in [0.2, 0.25) is 5.91 Å². The van der Waals surface area contributed by atoms with Crippen molar-refractivity contribution in [2.45, 2.75) is 31.7 Å². The molecule has 18 heavy (non-hydrogen) atoms. The second-order valence-electron chi connectivity index (χ2n) is 4.90. The Morgan fingerprint density at radius 3 is 2.72 bits per heavy atom. The van der Waals surface area contributed by atoms with E-state index < -0.39 is 0 Å². The van der Waals surface area contributed by atoms with Gasteiger partial charge in [0, 0.05) is 11.1 Å². The standard InChI is InChI=1S/C14H19ClN2O/c15-12-6-4-10(5-7-12)8-14(18)17-13-3-1-2-11(13)9-16/h4-7,11,13H,1-3,8-9,16H2,(H,17,18). The fourth-order valence-corrected chi connectivity index (χ4v) is 2.68. The molecule has 1 amide bonds. The van der Waals surface area contributed by atoms with Crippen LogP contribution in [0.25, 0.3) is 0 Å². The van der Waals surface area contributed by atoms with Gasteiger partial charge in [-0.3, -0.25) is 4.79 Å². The molecule has 2 rings (SSSR count). The third kappa shape index (κ3) is 3.47. The van der Waals surface area contributed by atoms with E-state index in [2.05, 4.69) is 5.32 Å². The Hall–Kier alpha value is -1.06. The highest BCUT2D eigenvalue weighted by Crippen LogP contribution is 2.24. The number of hydrogen-bond acceptors (Lipinski definition) is 2. The lowest BCUT2D eigenvalue weighted by Gasteiger charge is -2.19. The average molecular weight is 267 g/mol. The van der Waals surface area contributed by atoms with Gasteiger partial charge in [0.15, 0.2) is 0 Å². The smallest absolute Gasteiger partial charge is 0.224 e. The number of carbonyl (C=O) groups is 1. The highest BCUT2D eigenvalue weighted by Gasteiger charge is 2.27. The van der Waals surface area contributed by atoms with Crippen LogP contribution in [0.4, 0.5) is 0 Å². The van der Waals surface area contributed by atoms with Crippen LogP contribution in [0.3, 0.4) is 0 Å². The lowest BCUT2D eigenvalue weighted by atomic mass is 10.0. The summed E-state index contributed by atoms with van der Waals surface area (Å²) in [5.74, 6) is 0.516. The Bertz CT molecular complexity index is 405. The van der Waals surface area contributed by atoms with Crippen molar-refractivity contribution < 1.29 is 4.79 Å². The number of nitrogens with one attached hydrogen (secondary N) is 1. The maximum Gasteiger partial charge on any atom is 0.224 e. The summed E-state index contributed by atoms with van der Waals surface area (Å²) < 4.78 is 0. The number of hydrogen-bond donors (Lipinski definition) is 2. The molecule has 3 nitrogen and oxygen atoms in total. The highest BCUT2D eigenvalue weighted by atomic mass is 35.5. The Kier molecular flexibility index (Phi) is 4.61. The molecule has 1 aromatic rings. The van der Waals surface area contributed by atoms with E-state index in [1.54, 1.807) is 0 Å². The molecule has 4 heteroatoms. The minimum atomic E-state index is 0.0719. The summed E-state index contributed by atoms with van der Waals surface area (Å²) >= 11 is 5.81.